The van der Waals surface area contributed by atoms with Crippen LogP contribution in [-0.4, -0.2) is 24.0 Å². The lowest BCUT2D eigenvalue weighted by Crippen LogP contribution is -2.38. The van der Waals surface area contributed by atoms with Crippen molar-refractivity contribution in [2.24, 2.45) is 5.92 Å². The van der Waals surface area contributed by atoms with Crippen molar-refractivity contribution < 1.29 is 26.7 Å². The van der Waals surface area contributed by atoms with Crippen LogP contribution in [-0.2, 0) is 11.0 Å². The van der Waals surface area contributed by atoms with Gasteiger partial charge in [-0.05, 0) is 31.0 Å². The van der Waals surface area contributed by atoms with E-state index in [1.165, 1.54) is 0 Å². The lowest BCUT2D eigenvalue weighted by atomic mass is 9.95. The summed E-state index contributed by atoms with van der Waals surface area (Å²) in [4.78, 5) is 17.8. The maximum atomic E-state index is 13.7. The van der Waals surface area contributed by atoms with Crippen LogP contribution >= 0.6 is 11.6 Å². The van der Waals surface area contributed by atoms with Crippen LogP contribution < -0.4 is 10.2 Å². The SMILES string of the molecule is O=C(Nc1ccc(F)cc1F)C1CCN(c2ncc(C(F)(F)F)cc2Cl)CC1. The molecule has 1 aromatic carbocycles. The zero-order chi connectivity index (χ0) is 20.5. The van der Waals surface area contributed by atoms with Crippen LogP contribution in [0.2, 0.25) is 5.02 Å². The fourth-order valence-electron chi connectivity index (χ4n) is 3.00. The van der Waals surface area contributed by atoms with Crippen molar-refractivity contribution in [3.05, 3.63) is 52.7 Å². The Hall–Kier alpha value is -2.42. The van der Waals surface area contributed by atoms with E-state index < -0.39 is 35.2 Å². The number of nitrogens with one attached hydrogen (secondary N) is 1. The Morgan fingerprint density at radius 3 is 2.43 bits per heavy atom. The van der Waals surface area contributed by atoms with E-state index in [4.69, 9.17) is 11.6 Å². The van der Waals surface area contributed by atoms with Crippen LogP contribution in [0.1, 0.15) is 18.4 Å². The van der Waals surface area contributed by atoms with Gasteiger partial charge in [0.1, 0.15) is 17.5 Å². The van der Waals surface area contributed by atoms with Crippen molar-refractivity contribution in [2.45, 2.75) is 19.0 Å². The molecule has 1 N–H and O–H groups in total. The number of halogens is 6. The monoisotopic (exact) mass is 419 g/mol. The van der Waals surface area contributed by atoms with Crippen molar-refractivity contribution in [1.29, 1.82) is 0 Å². The number of amides is 1. The fourth-order valence-corrected chi connectivity index (χ4v) is 3.28. The quantitative estimate of drug-likeness (QED) is 0.721. The number of piperidine rings is 1. The number of hydrogen-bond acceptors (Lipinski definition) is 3. The molecule has 0 bridgehead atoms. The van der Waals surface area contributed by atoms with Crippen LogP contribution in [0.25, 0.3) is 0 Å². The van der Waals surface area contributed by atoms with E-state index in [2.05, 4.69) is 10.3 Å². The first kappa shape index (κ1) is 20.3. The van der Waals surface area contributed by atoms with Crippen LogP contribution in [0, 0.1) is 17.6 Å². The minimum atomic E-state index is -4.53. The Balaban J connectivity index is 1.62. The summed E-state index contributed by atoms with van der Waals surface area (Å²) in [5.41, 5.74) is -1.04. The molecule has 1 aromatic heterocycles. The molecule has 2 aromatic rings. The summed E-state index contributed by atoms with van der Waals surface area (Å²) in [7, 11) is 0. The van der Waals surface area contributed by atoms with Gasteiger partial charge in [-0.2, -0.15) is 13.2 Å². The highest BCUT2D eigenvalue weighted by atomic mass is 35.5. The van der Waals surface area contributed by atoms with E-state index in [0.29, 0.717) is 32.0 Å². The molecule has 2 heterocycles. The summed E-state index contributed by atoms with van der Waals surface area (Å²) < 4.78 is 64.7. The third-order valence-electron chi connectivity index (χ3n) is 4.50. The number of hydrogen-bond donors (Lipinski definition) is 1. The van der Waals surface area contributed by atoms with Gasteiger partial charge in [-0.15, -0.1) is 0 Å². The van der Waals surface area contributed by atoms with Gasteiger partial charge in [-0.25, -0.2) is 13.8 Å². The summed E-state index contributed by atoms with van der Waals surface area (Å²) in [6.45, 7) is 0.699. The van der Waals surface area contributed by atoms with E-state index in [1.807, 2.05) is 0 Å². The summed E-state index contributed by atoms with van der Waals surface area (Å²) in [6.07, 6.45) is -3.05. The maximum Gasteiger partial charge on any atom is 0.417 e. The third kappa shape index (κ3) is 4.52. The van der Waals surface area contributed by atoms with Crippen LogP contribution in [0.4, 0.5) is 33.5 Å². The molecule has 1 saturated heterocycles. The molecule has 10 heteroatoms. The van der Waals surface area contributed by atoms with Crippen molar-refractivity contribution in [1.82, 2.24) is 4.98 Å². The molecule has 0 spiro atoms. The maximum absolute atomic E-state index is 13.7. The second-order valence-electron chi connectivity index (χ2n) is 6.40. The molecule has 150 valence electrons. The second-order valence-corrected chi connectivity index (χ2v) is 6.81. The average molecular weight is 420 g/mol. The van der Waals surface area contributed by atoms with Gasteiger partial charge in [-0.3, -0.25) is 4.79 Å². The molecule has 1 amide bonds. The summed E-state index contributed by atoms with van der Waals surface area (Å²) in [5.74, 6) is -2.22. The van der Waals surface area contributed by atoms with Crippen molar-refractivity contribution in [2.75, 3.05) is 23.3 Å². The van der Waals surface area contributed by atoms with Crippen LogP contribution in [0.5, 0.6) is 0 Å². The number of rotatable bonds is 3. The van der Waals surface area contributed by atoms with Gasteiger partial charge in [-0.1, -0.05) is 11.6 Å². The van der Waals surface area contributed by atoms with Gasteiger partial charge in [0.25, 0.3) is 0 Å². The largest absolute Gasteiger partial charge is 0.417 e. The van der Waals surface area contributed by atoms with E-state index in [0.717, 1.165) is 24.4 Å². The van der Waals surface area contributed by atoms with Gasteiger partial charge < -0.3 is 10.2 Å². The summed E-state index contributed by atoms with van der Waals surface area (Å²) in [6, 6.07) is 3.68. The molecular formula is C18H15ClF5N3O. The predicted molar refractivity (Wildman–Crippen MR) is 94.2 cm³/mol. The Bertz CT molecular complexity index is 882. The Morgan fingerprint density at radius 1 is 1.18 bits per heavy atom. The Kier molecular flexibility index (Phi) is 5.74. The van der Waals surface area contributed by atoms with Gasteiger partial charge in [0.2, 0.25) is 5.91 Å². The first-order valence-electron chi connectivity index (χ1n) is 8.39. The fraction of sp³-hybridized carbons (Fsp3) is 0.333. The molecule has 4 nitrogen and oxygen atoms in total. The van der Waals surface area contributed by atoms with Crippen molar-refractivity contribution >= 4 is 29.0 Å². The number of alkyl halides is 3. The Morgan fingerprint density at radius 2 is 1.86 bits per heavy atom. The molecular weight excluding hydrogens is 405 g/mol. The van der Waals surface area contributed by atoms with Gasteiger partial charge in [0.05, 0.1) is 16.3 Å². The number of nitrogens with zero attached hydrogens (tertiary/aromatic N) is 2. The van der Waals surface area contributed by atoms with Gasteiger partial charge in [0.15, 0.2) is 0 Å². The number of aromatic nitrogens is 1. The van der Waals surface area contributed by atoms with E-state index in [1.54, 1.807) is 4.90 Å². The van der Waals surface area contributed by atoms with E-state index >= 15 is 0 Å². The zero-order valence-corrected chi connectivity index (χ0v) is 15.1. The van der Waals surface area contributed by atoms with E-state index in [9.17, 15) is 26.7 Å². The molecule has 1 fully saturated rings. The molecule has 28 heavy (non-hydrogen) atoms. The smallest absolute Gasteiger partial charge is 0.355 e. The van der Waals surface area contributed by atoms with Gasteiger partial charge >= 0.3 is 6.18 Å². The van der Waals surface area contributed by atoms with Gasteiger partial charge in [0, 0.05) is 31.3 Å². The molecule has 1 aliphatic rings. The standard InChI is InChI=1S/C18H15ClF5N3O/c19-13-7-11(18(22,23)24)9-25-16(13)27-5-3-10(4-6-27)17(28)26-15-2-1-12(20)8-14(15)21/h1-2,7-10H,3-6H2,(H,26,28). The first-order valence-corrected chi connectivity index (χ1v) is 8.76. The highest BCUT2D eigenvalue weighted by molar-refractivity contribution is 6.33. The highest BCUT2D eigenvalue weighted by Crippen LogP contribution is 2.34. The van der Waals surface area contributed by atoms with Crippen LogP contribution in [0.15, 0.2) is 30.5 Å². The normalized spacial score (nSPS) is 15.6. The molecule has 0 aliphatic carbocycles. The highest BCUT2D eigenvalue weighted by Gasteiger charge is 2.33. The number of pyridine rings is 1. The molecule has 0 radical (unpaired) electrons. The molecule has 0 atom stereocenters. The third-order valence-corrected chi connectivity index (χ3v) is 4.78. The number of benzene rings is 1. The molecule has 1 aliphatic heterocycles. The minimum absolute atomic E-state index is 0.110. The predicted octanol–water partition coefficient (Wildman–Crippen LogP) is 4.89. The summed E-state index contributed by atoms with van der Waals surface area (Å²) in [5, 5.41) is 2.31. The second kappa shape index (κ2) is 7.90. The topological polar surface area (TPSA) is 45.2 Å². The summed E-state index contributed by atoms with van der Waals surface area (Å²) >= 11 is 5.95. The number of anilines is 2. The lowest BCUT2D eigenvalue weighted by molar-refractivity contribution is -0.137. The average Bonchev–Trinajstić information content (AvgIpc) is 2.63. The Labute approximate surface area is 162 Å². The minimum Gasteiger partial charge on any atom is -0.355 e. The van der Waals surface area contributed by atoms with E-state index in [-0.39, 0.29) is 16.5 Å². The zero-order valence-electron chi connectivity index (χ0n) is 14.4. The molecule has 0 saturated carbocycles. The number of carbonyl (C=O) groups excluding carboxylic acids is 1. The number of carbonyl (C=O) groups is 1. The van der Waals surface area contributed by atoms with Crippen LogP contribution in [0.3, 0.4) is 0 Å². The van der Waals surface area contributed by atoms with Crippen molar-refractivity contribution in [3.8, 4) is 0 Å². The molecule has 3 rings (SSSR count). The first-order chi connectivity index (χ1) is 13.1. The van der Waals surface area contributed by atoms with Crippen molar-refractivity contribution in [3.63, 3.8) is 0 Å². The lowest BCUT2D eigenvalue weighted by Gasteiger charge is -2.32. The molecule has 0 unspecified atom stereocenters.